The molecule has 3 rings (SSSR count). The summed E-state index contributed by atoms with van der Waals surface area (Å²) < 4.78 is 5.43. The molecule has 0 aliphatic heterocycles. The normalized spacial score (nSPS) is 19.1. The second-order valence-electron chi connectivity index (χ2n) is 6.15. The molecule has 1 saturated carbocycles. The molecule has 1 aromatic heterocycles. The van der Waals surface area contributed by atoms with Crippen LogP contribution in [-0.4, -0.2) is 28.9 Å². The first-order valence-corrected chi connectivity index (χ1v) is 8.08. The Morgan fingerprint density at radius 2 is 2.08 bits per heavy atom. The number of aromatic carboxylic acids is 1. The maximum atomic E-state index is 12.6. The van der Waals surface area contributed by atoms with Crippen molar-refractivity contribution < 1.29 is 19.1 Å². The van der Waals surface area contributed by atoms with Crippen molar-refractivity contribution >= 4 is 23.5 Å². The summed E-state index contributed by atoms with van der Waals surface area (Å²) in [5, 5.41) is 9.74. The molecule has 1 heterocycles. The van der Waals surface area contributed by atoms with Gasteiger partial charge in [0.25, 0.3) is 0 Å². The fourth-order valence-electron chi connectivity index (χ4n) is 3.02. The minimum Gasteiger partial charge on any atom is -0.478 e. The molecule has 2 atom stereocenters. The van der Waals surface area contributed by atoms with Crippen LogP contribution < -0.4 is 0 Å². The fourth-order valence-corrected chi connectivity index (χ4v) is 3.29. The van der Waals surface area contributed by atoms with Gasteiger partial charge in [-0.05, 0) is 37.0 Å². The third-order valence-electron chi connectivity index (χ3n) is 4.38. The standard InChI is InChI=1S/C18H18ClNO4/c1-10-13(18(22)23)7-11(24-10)9-20(2)17(21)15-8-14(15)12-5-3-4-6-16(12)19/h3-7,14-15H,8-9H2,1-2H3,(H,22,23)/t14-,15-/m1/s1. The van der Waals surface area contributed by atoms with Crippen molar-refractivity contribution in [2.75, 3.05) is 7.05 Å². The molecule has 0 radical (unpaired) electrons. The molecule has 5 nitrogen and oxygen atoms in total. The van der Waals surface area contributed by atoms with E-state index in [-0.39, 0.29) is 29.9 Å². The molecule has 1 aliphatic rings. The summed E-state index contributed by atoms with van der Waals surface area (Å²) >= 11 is 6.19. The van der Waals surface area contributed by atoms with Crippen LogP contribution in [0.15, 0.2) is 34.7 Å². The van der Waals surface area contributed by atoms with Gasteiger partial charge in [0.15, 0.2) is 0 Å². The smallest absolute Gasteiger partial charge is 0.339 e. The van der Waals surface area contributed by atoms with E-state index in [4.69, 9.17) is 21.1 Å². The Labute approximate surface area is 144 Å². The lowest BCUT2D eigenvalue weighted by Gasteiger charge is -2.16. The van der Waals surface area contributed by atoms with Crippen LogP contribution in [0.25, 0.3) is 0 Å². The largest absolute Gasteiger partial charge is 0.478 e. The van der Waals surface area contributed by atoms with Gasteiger partial charge >= 0.3 is 5.97 Å². The van der Waals surface area contributed by atoms with E-state index in [1.165, 1.54) is 6.07 Å². The van der Waals surface area contributed by atoms with Crippen LogP contribution in [0.5, 0.6) is 0 Å². The summed E-state index contributed by atoms with van der Waals surface area (Å²) in [5.41, 5.74) is 1.14. The van der Waals surface area contributed by atoms with E-state index in [0.717, 1.165) is 12.0 Å². The molecular weight excluding hydrogens is 330 g/mol. The number of nitrogens with zero attached hydrogens (tertiary/aromatic N) is 1. The van der Waals surface area contributed by atoms with Crippen molar-refractivity contribution in [2.24, 2.45) is 5.92 Å². The van der Waals surface area contributed by atoms with Crippen LogP contribution in [0.1, 0.15) is 39.8 Å². The first-order valence-electron chi connectivity index (χ1n) is 7.70. The quantitative estimate of drug-likeness (QED) is 0.895. The van der Waals surface area contributed by atoms with Crippen LogP contribution in [0.4, 0.5) is 0 Å². The van der Waals surface area contributed by atoms with Crippen LogP contribution in [0, 0.1) is 12.8 Å². The molecule has 0 unspecified atom stereocenters. The van der Waals surface area contributed by atoms with E-state index in [9.17, 15) is 9.59 Å². The number of carboxylic acid groups (broad SMARTS) is 1. The number of carboxylic acids is 1. The SMILES string of the molecule is Cc1oc(CN(C)C(=O)[C@@H]2C[C@@H]2c2ccccc2Cl)cc1C(=O)O. The summed E-state index contributed by atoms with van der Waals surface area (Å²) in [6.45, 7) is 1.85. The molecule has 24 heavy (non-hydrogen) atoms. The van der Waals surface area contributed by atoms with Crippen molar-refractivity contribution in [3.05, 3.63) is 58.0 Å². The van der Waals surface area contributed by atoms with E-state index in [0.29, 0.717) is 16.5 Å². The first kappa shape index (κ1) is 16.6. The molecule has 1 aliphatic carbocycles. The number of hydrogen-bond acceptors (Lipinski definition) is 3. The van der Waals surface area contributed by atoms with Gasteiger partial charge in [-0.1, -0.05) is 29.8 Å². The summed E-state index contributed by atoms with van der Waals surface area (Å²) in [6, 6.07) is 9.05. The summed E-state index contributed by atoms with van der Waals surface area (Å²) in [5.74, 6) is -0.121. The third-order valence-corrected chi connectivity index (χ3v) is 4.72. The molecule has 1 aromatic carbocycles. The second kappa shape index (κ2) is 6.32. The Bertz CT molecular complexity index is 798. The third kappa shape index (κ3) is 3.17. The summed E-state index contributed by atoms with van der Waals surface area (Å²) in [4.78, 5) is 25.2. The predicted molar refractivity (Wildman–Crippen MR) is 89.2 cm³/mol. The van der Waals surface area contributed by atoms with Gasteiger partial charge in [-0.15, -0.1) is 0 Å². The molecule has 1 amide bonds. The van der Waals surface area contributed by atoms with Gasteiger partial charge in [0, 0.05) is 18.0 Å². The van der Waals surface area contributed by atoms with E-state index in [1.54, 1.807) is 18.9 Å². The fraction of sp³-hybridized carbons (Fsp3) is 0.333. The average Bonchev–Trinajstić information content (AvgIpc) is 3.23. The van der Waals surface area contributed by atoms with Crippen molar-refractivity contribution in [3.63, 3.8) is 0 Å². The second-order valence-corrected chi connectivity index (χ2v) is 6.56. The highest BCUT2D eigenvalue weighted by atomic mass is 35.5. The van der Waals surface area contributed by atoms with Gasteiger partial charge in [-0.3, -0.25) is 4.79 Å². The minimum absolute atomic E-state index is 0.0193. The van der Waals surface area contributed by atoms with E-state index < -0.39 is 5.97 Å². The molecular formula is C18H18ClNO4. The Balaban J connectivity index is 1.65. The molecule has 0 bridgehead atoms. The predicted octanol–water partition coefficient (Wildman–Crippen LogP) is 3.70. The Kier molecular flexibility index (Phi) is 4.37. The number of amides is 1. The topological polar surface area (TPSA) is 70.8 Å². The molecule has 126 valence electrons. The number of rotatable bonds is 5. The zero-order valence-corrected chi connectivity index (χ0v) is 14.2. The number of hydrogen-bond donors (Lipinski definition) is 1. The zero-order chi connectivity index (χ0) is 17.4. The van der Waals surface area contributed by atoms with Crippen molar-refractivity contribution in [2.45, 2.75) is 25.8 Å². The Hall–Kier alpha value is -2.27. The van der Waals surface area contributed by atoms with Crippen molar-refractivity contribution in [1.29, 1.82) is 0 Å². The van der Waals surface area contributed by atoms with Gasteiger partial charge in [0.1, 0.15) is 17.1 Å². The maximum Gasteiger partial charge on any atom is 0.339 e. The molecule has 0 saturated heterocycles. The molecule has 6 heteroatoms. The molecule has 0 spiro atoms. The Morgan fingerprint density at radius 1 is 1.38 bits per heavy atom. The number of carbonyl (C=O) groups is 2. The lowest BCUT2D eigenvalue weighted by atomic mass is 10.1. The monoisotopic (exact) mass is 347 g/mol. The van der Waals surface area contributed by atoms with E-state index in [2.05, 4.69) is 0 Å². The summed E-state index contributed by atoms with van der Waals surface area (Å²) in [6.07, 6.45) is 0.782. The summed E-state index contributed by atoms with van der Waals surface area (Å²) in [7, 11) is 1.70. The number of furan rings is 1. The lowest BCUT2D eigenvalue weighted by molar-refractivity contribution is -0.132. The minimum atomic E-state index is -1.03. The Morgan fingerprint density at radius 3 is 2.71 bits per heavy atom. The van der Waals surface area contributed by atoms with Gasteiger partial charge < -0.3 is 14.4 Å². The molecule has 1 N–H and O–H groups in total. The van der Waals surface area contributed by atoms with Gasteiger partial charge in [-0.2, -0.15) is 0 Å². The first-order chi connectivity index (χ1) is 11.4. The van der Waals surface area contributed by atoms with Crippen LogP contribution >= 0.6 is 11.6 Å². The van der Waals surface area contributed by atoms with Crippen LogP contribution in [-0.2, 0) is 11.3 Å². The number of benzene rings is 1. The van der Waals surface area contributed by atoms with Crippen LogP contribution in [0.2, 0.25) is 5.02 Å². The zero-order valence-electron chi connectivity index (χ0n) is 13.5. The van der Waals surface area contributed by atoms with E-state index in [1.807, 2.05) is 24.3 Å². The number of halogens is 1. The van der Waals surface area contributed by atoms with Crippen LogP contribution in [0.3, 0.4) is 0 Å². The highest BCUT2D eigenvalue weighted by molar-refractivity contribution is 6.31. The molecule has 2 aromatic rings. The number of carbonyl (C=O) groups excluding carboxylic acids is 1. The van der Waals surface area contributed by atoms with Gasteiger partial charge in [0.05, 0.1) is 6.54 Å². The van der Waals surface area contributed by atoms with Gasteiger partial charge in [-0.25, -0.2) is 4.79 Å². The number of aryl methyl sites for hydroxylation is 1. The van der Waals surface area contributed by atoms with E-state index >= 15 is 0 Å². The lowest BCUT2D eigenvalue weighted by Crippen LogP contribution is -2.27. The highest BCUT2D eigenvalue weighted by Crippen LogP contribution is 2.50. The average molecular weight is 348 g/mol. The maximum absolute atomic E-state index is 12.6. The van der Waals surface area contributed by atoms with Gasteiger partial charge in [0.2, 0.25) is 5.91 Å². The molecule has 1 fully saturated rings. The van der Waals surface area contributed by atoms with Crippen molar-refractivity contribution in [1.82, 2.24) is 4.90 Å². The highest BCUT2D eigenvalue weighted by Gasteiger charge is 2.46. The van der Waals surface area contributed by atoms with Crippen molar-refractivity contribution in [3.8, 4) is 0 Å².